The molecule has 1 aliphatic heterocycles. The molecule has 0 aromatic heterocycles. The third kappa shape index (κ3) is 1.65. The Labute approximate surface area is 90.4 Å². The topological polar surface area (TPSA) is 24.4 Å². The fourth-order valence-corrected chi connectivity index (χ4v) is 2.62. The molecule has 3 rings (SSSR count). The van der Waals surface area contributed by atoms with Crippen LogP contribution in [0.25, 0.3) is 0 Å². The minimum Gasteiger partial charge on any atom is -0.372 e. The van der Waals surface area contributed by atoms with Crippen molar-refractivity contribution in [1.29, 1.82) is 0 Å². The van der Waals surface area contributed by atoms with Gasteiger partial charge in [0, 0.05) is 12.5 Å². The highest BCUT2D eigenvalue weighted by molar-refractivity contribution is 5.86. The first-order valence-corrected chi connectivity index (χ1v) is 5.78. The lowest BCUT2D eigenvalue weighted by atomic mass is 9.83. The molecule has 1 atom stereocenters. The minimum atomic E-state index is 0.641. The van der Waals surface area contributed by atoms with Crippen LogP contribution in [0.3, 0.4) is 0 Å². The first-order chi connectivity index (χ1) is 7.43. The van der Waals surface area contributed by atoms with E-state index in [0.717, 1.165) is 13.1 Å². The van der Waals surface area contributed by atoms with E-state index >= 15 is 0 Å². The summed E-state index contributed by atoms with van der Waals surface area (Å²) in [5.74, 6) is 1.90. The normalized spacial score (nSPS) is 24.3. The van der Waals surface area contributed by atoms with Crippen LogP contribution in [-0.2, 0) is 12.8 Å². The molecule has 0 spiro atoms. The largest absolute Gasteiger partial charge is 0.372 e. The Balaban J connectivity index is 1.82. The number of aryl methyl sites for hydroxylation is 1. The molecule has 0 fully saturated rings. The molecule has 1 unspecified atom stereocenters. The number of hydrogen-bond acceptors (Lipinski definition) is 2. The standard InChI is InChI=1S/C13H16N2/c1-2-4-11-9-12(6-5-10(11)3-1)13-14-7-8-15-13/h1-4,12H,5-9H2,(H,14,15). The lowest BCUT2D eigenvalue weighted by molar-refractivity contribution is 0.573. The number of nitrogens with zero attached hydrogens (tertiary/aromatic N) is 1. The van der Waals surface area contributed by atoms with Crippen LogP contribution in [-0.4, -0.2) is 18.9 Å². The summed E-state index contributed by atoms with van der Waals surface area (Å²) in [6.07, 6.45) is 3.63. The lowest BCUT2D eigenvalue weighted by Crippen LogP contribution is -2.31. The monoisotopic (exact) mass is 200 g/mol. The van der Waals surface area contributed by atoms with Crippen molar-refractivity contribution in [3.63, 3.8) is 0 Å². The second kappa shape index (κ2) is 3.69. The van der Waals surface area contributed by atoms with E-state index in [1.165, 1.54) is 36.2 Å². The van der Waals surface area contributed by atoms with Crippen LogP contribution in [0.4, 0.5) is 0 Å². The quantitative estimate of drug-likeness (QED) is 0.734. The van der Waals surface area contributed by atoms with E-state index in [2.05, 4.69) is 34.6 Å². The number of aliphatic imine (C=N–C) groups is 1. The van der Waals surface area contributed by atoms with Crippen molar-refractivity contribution in [2.45, 2.75) is 19.3 Å². The van der Waals surface area contributed by atoms with E-state index in [4.69, 9.17) is 0 Å². The van der Waals surface area contributed by atoms with Crippen molar-refractivity contribution in [1.82, 2.24) is 5.32 Å². The smallest absolute Gasteiger partial charge is 0.0999 e. The Morgan fingerprint density at radius 3 is 2.87 bits per heavy atom. The zero-order chi connectivity index (χ0) is 10.1. The summed E-state index contributed by atoms with van der Waals surface area (Å²) >= 11 is 0. The SMILES string of the molecule is c1ccc2c(c1)CCC(C1=NCCN1)C2. The van der Waals surface area contributed by atoms with E-state index in [1.807, 2.05) is 0 Å². The third-order valence-electron chi connectivity index (χ3n) is 3.43. The minimum absolute atomic E-state index is 0.641. The molecule has 1 heterocycles. The Morgan fingerprint density at radius 2 is 2.07 bits per heavy atom. The number of benzene rings is 1. The summed E-state index contributed by atoms with van der Waals surface area (Å²) in [6.45, 7) is 2.00. The maximum absolute atomic E-state index is 4.54. The van der Waals surface area contributed by atoms with Crippen LogP contribution >= 0.6 is 0 Å². The molecule has 1 N–H and O–H groups in total. The molecule has 0 saturated heterocycles. The molecule has 0 saturated carbocycles. The number of hydrogen-bond donors (Lipinski definition) is 1. The molecule has 1 aromatic rings. The lowest BCUT2D eigenvalue weighted by Gasteiger charge is -2.24. The predicted octanol–water partition coefficient (Wildman–Crippen LogP) is 1.79. The first-order valence-electron chi connectivity index (χ1n) is 5.78. The molecule has 2 aliphatic rings. The summed E-state index contributed by atoms with van der Waals surface area (Å²) in [6, 6.07) is 8.81. The van der Waals surface area contributed by atoms with Crippen molar-refractivity contribution in [2.75, 3.05) is 13.1 Å². The Hall–Kier alpha value is -1.31. The zero-order valence-electron chi connectivity index (χ0n) is 8.87. The molecule has 1 aliphatic carbocycles. The van der Waals surface area contributed by atoms with Gasteiger partial charge in [0.2, 0.25) is 0 Å². The van der Waals surface area contributed by atoms with E-state index in [1.54, 1.807) is 0 Å². The highest BCUT2D eigenvalue weighted by Crippen LogP contribution is 2.26. The van der Waals surface area contributed by atoms with Crippen molar-refractivity contribution in [2.24, 2.45) is 10.9 Å². The van der Waals surface area contributed by atoms with Crippen LogP contribution in [0.2, 0.25) is 0 Å². The van der Waals surface area contributed by atoms with Crippen LogP contribution < -0.4 is 5.32 Å². The van der Waals surface area contributed by atoms with Crippen LogP contribution in [0.15, 0.2) is 29.3 Å². The highest BCUT2D eigenvalue weighted by Gasteiger charge is 2.23. The summed E-state index contributed by atoms with van der Waals surface area (Å²) in [5, 5.41) is 3.41. The molecule has 2 heteroatoms. The van der Waals surface area contributed by atoms with Crippen LogP contribution in [0, 0.1) is 5.92 Å². The van der Waals surface area contributed by atoms with Gasteiger partial charge in [-0.25, -0.2) is 0 Å². The second-order valence-electron chi connectivity index (χ2n) is 4.40. The molecule has 1 aromatic carbocycles. The molecule has 2 nitrogen and oxygen atoms in total. The summed E-state index contributed by atoms with van der Waals surface area (Å²) < 4.78 is 0. The average Bonchev–Trinajstić information content (AvgIpc) is 2.82. The van der Waals surface area contributed by atoms with Gasteiger partial charge in [0.1, 0.15) is 0 Å². The predicted molar refractivity (Wildman–Crippen MR) is 62.3 cm³/mol. The van der Waals surface area contributed by atoms with Crippen molar-refractivity contribution < 1.29 is 0 Å². The molecule has 78 valence electrons. The molecular weight excluding hydrogens is 184 g/mol. The van der Waals surface area contributed by atoms with Crippen molar-refractivity contribution in [3.8, 4) is 0 Å². The van der Waals surface area contributed by atoms with Crippen LogP contribution in [0.1, 0.15) is 17.5 Å². The summed E-state index contributed by atoms with van der Waals surface area (Å²) in [4.78, 5) is 4.54. The van der Waals surface area contributed by atoms with Gasteiger partial charge in [0.25, 0.3) is 0 Å². The molecule has 0 bridgehead atoms. The Kier molecular flexibility index (Phi) is 2.20. The van der Waals surface area contributed by atoms with Gasteiger partial charge in [0.05, 0.1) is 12.4 Å². The molecular formula is C13H16N2. The van der Waals surface area contributed by atoms with E-state index in [9.17, 15) is 0 Å². The molecule has 15 heavy (non-hydrogen) atoms. The fourth-order valence-electron chi connectivity index (χ4n) is 2.62. The number of fused-ring (bicyclic) bond motifs is 1. The van der Waals surface area contributed by atoms with Gasteiger partial charge in [-0.2, -0.15) is 0 Å². The maximum Gasteiger partial charge on any atom is 0.0999 e. The number of amidine groups is 1. The van der Waals surface area contributed by atoms with Gasteiger partial charge >= 0.3 is 0 Å². The van der Waals surface area contributed by atoms with Gasteiger partial charge in [-0.15, -0.1) is 0 Å². The maximum atomic E-state index is 4.54. The fraction of sp³-hybridized carbons (Fsp3) is 0.462. The Bertz CT molecular complexity index is 395. The Morgan fingerprint density at radius 1 is 1.20 bits per heavy atom. The average molecular weight is 200 g/mol. The molecule has 0 radical (unpaired) electrons. The van der Waals surface area contributed by atoms with Gasteiger partial charge in [-0.3, -0.25) is 4.99 Å². The van der Waals surface area contributed by atoms with E-state index in [-0.39, 0.29) is 0 Å². The van der Waals surface area contributed by atoms with Crippen molar-refractivity contribution in [3.05, 3.63) is 35.4 Å². The summed E-state index contributed by atoms with van der Waals surface area (Å²) in [5.41, 5.74) is 3.05. The van der Waals surface area contributed by atoms with E-state index < -0.39 is 0 Å². The molecule has 0 amide bonds. The first kappa shape index (κ1) is 8.96. The van der Waals surface area contributed by atoms with Gasteiger partial charge in [0.15, 0.2) is 0 Å². The number of rotatable bonds is 1. The van der Waals surface area contributed by atoms with Gasteiger partial charge in [-0.05, 0) is 30.4 Å². The summed E-state index contributed by atoms with van der Waals surface area (Å²) in [7, 11) is 0. The second-order valence-corrected chi connectivity index (χ2v) is 4.40. The highest BCUT2D eigenvalue weighted by atomic mass is 15.1. The zero-order valence-corrected chi connectivity index (χ0v) is 8.87. The third-order valence-corrected chi connectivity index (χ3v) is 3.43. The van der Waals surface area contributed by atoms with Crippen molar-refractivity contribution >= 4 is 5.84 Å². The van der Waals surface area contributed by atoms with Crippen LogP contribution in [0.5, 0.6) is 0 Å². The number of nitrogens with one attached hydrogen (secondary N) is 1. The van der Waals surface area contributed by atoms with E-state index in [0.29, 0.717) is 5.92 Å². The van der Waals surface area contributed by atoms with Gasteiger partial charge < -0.3 is 5.32 Å². The van der Waals surface area contributed by atoms with Gasteiger partial charge in [-0.1, -0.05) is 24.3 Å².